The summed E-state index contributed by atoms with van der Waals surface area (Å²) in [6.07, 6.45) is 5.63. The van der Waals surface area contributed by atoms with Crippen molar-refractivity contribution in [3.8, 4) is 16.9 Å². The molecule has 0 unspecified atom stereocenters. The highest BCUT2D eigenvalue weighted by molar-refractivity contribution is 5.80. The van der Waals surface area contributed by atoms with Crippen LogP contribution in [-0.2, 0) is 4.79 Å². The van der Waals surface area contributed by atoms with E-state index in [0.717, 1.165) is 16.6 Å². The molecule has 0 atom stereocenters. The fourth-order valence-corrected chi connectivity index (χ4v) is 2.56. The molecule has 1 amide bonds. The van der Waals surface area contributed by atoms with Crippen LogP contribution in [0.4, 0.5) is 10.1 Å². The molecule has 3 heterocycles. The van der Waals surface area contributed by atoms with Crippen LogP contribution in [-0.4, -0.2) is 26.2 Å². The van der Waals surface area contributed by atoms with E-state index in [1.807, 2.05) is 24.3 Å². The van der Waals surface area contributed by atoms with Gasteiger partial charge in [0.25, 0.3) is 0 Å². The number of fused-ring (bicyclic) bond motifs is 1. The maximum absolute atomic E-state index is 14.2. The molecule has 0 radical (unpaired) electrons. The van der Waals surface area contributed by atoms with Gasteiger partial charge in [0, 0.05) is 35.2 Å². The topological polar surface area (TPSA) is 72.7 Å². The molecule has 3 aromatic heterocycles. The van der Waals surface area contributed by atoms with Crippen LogP contribution in [0, 0.1) is 5.82 Å². The summed E-state index contributed by atoms with van der Waals surface area (Å²) < 4.78 is 15.6. The highest BCUT2D eigenvalue weighted by atomic mass is 19.1. The molecule has 1 N–H and O–H groups in total. The Hall–Kier alpha value is -3.61. The number of carbonyl (C=O) groups excluding carboxylic acids is 1. The van der Waals surface area contributed by atoms with Gasteiger partial charge in [0.2, 0.25) is 6.41 Å². The van der Waals surface area contributed by atoms with Gasteiger partial charge in [-0.3, -0.25) is 9.78 Å². The van der Waals surface area contributed by atoms with Gasteiger partial charge < -0.3 is 5.32 Å². The normalized spacial score (nSPS) is 10.8. The van der Waals surface area contributed by atoms with Crippen LogP contribution >= 0.6 is 0 Å². The van der Waals surface area contributed by atoms with Gasteiger partial charge in [0.1, 0.15) is 11.5 Å². The van der Waals surface area contributed by atoms with Crippen LogP contribution in [0.25, 0.3) is 28.0 Å². The van der Waals surface area contributed by atoms with E-state index < -0.39 is 5.82 Å². The Bertz CT molecular complexity index is 1060. The van der Waals surface area contributed by atoms with Crippen molar-refractivity contribution in [2.24, 2.45) is 0 Å². The first kappa shape index (κ1) is 14.9. The number of benzene rings is 1. The maximum atomic E-state index is 14.2. The Balaban J connectivity index is 1.79. The van der Waals surface area contributed by atoms with Crippen molar-refractivity contribution in [3.63, 3.8) is 0 Å². The van der Waals surface area contributed by atoms with E-state index in [0.29, 0.717) is 17.7 Å². The lowest BCUT2D eigenvalue weighted by Gasteiger charge is -2.05. The van der Waals surface area contributed by atoms with Gasteiger partial charge in [0.05, 0.1) is 5.69 Å². The van der Waals surface area contributed by atoms with Crippen molar-refractivity contribution < 1.29 is 9.18 Å². The summed E-state index contributed by atoms with van der Waals surface area (Å²) in [6.45, 7) is 0. The fourth-order valence-electron chi connectivity index (χ4n) is 2.56. The highest BCUT2D eigenvalue weighted by Gasteiger charge is 2.11. The van der Waals surface area contributed by atoms with Gasteiger partial charge in [-0.25, -0.2) is 14.1 Å². The fraction of sp³-hybridized carbons (Fsp3) is 0. The molecule has 6 nitrogen and oxygen atoms in total. The van der Waals surface area contributed by atoms with Gasteiger partial charge in [-0.05, 0) is 36.4 Å². The molecule has 4 rings (SSSR count). The molecule has 0 bridgehead atoms. The van der Waals surface area contributed by atoms with E-state index in [4.69, 9.17) is 0 Å². The quantitative estimate of drug-likeness (QED) is 0.582. The first-order valence-electron chi connectivity index (χ1n) is 7.51. The Labute approximate surface area is 142 Å². The predicted octanol–water partition coefficient (Wildman–Crippen LogP) is 3.19. The van der Waals surface area contributed by atoms with Gasteiger partial charge in [-0.2, -0.15) is 0 Å². The number of nitrogens with zero attached hydrogens (tertiary/aromatic N) is 4. The number of anilines is 1. The second-order valence-electron chi connectivity index (χ2n) is 5.35. The predicted molar refractivity (Wildman–Crippen MR) is 91.7 cm³/mol. The largest absolute Gasteiger partial charge is 0.329 e. The molecule has 0 saturated carbocycles. The molecule has 0 fully saturated rings. The Morgan fingerprint density at radius 2 is 2.04 bits per heavy atom. The molecular formula is C18H12FN5O. The first-order valence-corrected chi connectivity index (χ1v) is 7.51. The zero-order chi connectivity index (χ0) is 17.2. The third-order valence-corrected chi connectivity index (χ3v) is 3.74. The van der Waals surface area contributed by atoms with E-state index in [-0.39, 0.29) is 5.69 Å². The number of carbonyl (C=O) groups is 1. The molecule has 0 spiro atoms. The molecular weight excluding hydrogens is 321 g/mol. The smallest absolute Gasteiger partial charge is 0.211 e. The monoisotopic (exact) mass is 333 g/mol. The lowest BCUT2D eigenvalue weighted by Crippen LogP contribution is -2.01. The number of hydrogen-bond donors (Lipinski definition) is 1. The summed E-state index contributed by atoms with van der Waals surface area (Å²) in [7, 11) is 0. The van der Waals surface area contributed by atoms with Crippen LogP contribution < -0.4 is 5.32 Å². The van der Waals surface area contributed by atoms with Crippen LogP contribution in [0.15, 0.2) is 61.1 Å². The highest BCUT2D eigenvalue weighted by Crippen LogP contribution is 2.23. The molecule has 1 aromatic carbocycles. The summed E-state index contributed by atoms with van der Waals surface area (Å²) in [5.74, 6) is -0.450. The minimum atomic E-state index is -0.450. The van der Waals surface area contributed by atoms with Crippen LogP contribution in [0.5, 0.6) is 0 Å². The minimum absolute atomic E-state index is 0.226. The summed E-state index contributed by atoms with van der Waals surface area (Å²) in [5, 5.41) is 7.57. The molecule has 0 aliphatic heterocycles. The van der Waals surface area contributed by atoms with Crippen molar-refractivity contribution in [2.75, 3.05) is 5.32 Å². The number of nitrogens with one attached hydrogen (secondary N) is 1. The number of pyridine rings is 2. The maximum Gasteiger partial charge on any atom is 0.211 e. The molecule has 4 aromatic rings. The number of halogens is 1. The molecule has 7 heteroatoms. The Morgan fingerprint density at radius 1 is 1.12 bits per heavy atom. The average Bonchev–Trinajstić information content (AvgIpc) is 3.07. The standard InChI is InChI=1S/C18H12FN5O/c19-15-5-4-14(22-11-25)8-17(15)24-10-13-7-12(9-21-18(13)23-24)16-3-1-2-6-20-16/h1-11H,(H,22,25). The SMILES string of the molecule is O=CNc1ccc(F)c(-n2cc3cc(-c4ccccn4)cnc3n2)c1. The Kier molecular flexibility index (Phi) is 3.66. The van der Waals surface area contributed by atoms with Gasteiger partial charge in [0.15, 0.2) is 5.65 Å². The molecule has 0 aliphatic rings. The van der Waals surface area contributed by atoms with Crippen molar-refractivity contribution in [1.29, 1.82) is 0 Å². The van der Waals surface area contributed by atoms with E-state index in [1.54, 1.807) is 18.6 Å². The molecule has 0 aliphatic carbocycles. The summed E-state index contributed by atoms with van der Waals surface area (Å²) in [6, 6.07) is 11.8. The van der Waals surface area contributed by atoms with E-state index in [9.17, 15) is 9.18 Å². The third kappa shape index (κ3) is 2.83. The second-order valence-corrected chi connectivity index (χ2v) is 5.35. The summed E-state index contributed by atoms with van der Waals surface area (Å²) >= 11 is 0. The number of rotatable bonds is 4. The van der Waals surface area contributed by atoms with Gasteiger partial charge >= 0.3 is 0 Å². The number of hydrogen-bond acceptors (Lipinski definition) is 4. The third-order valence-electron chi connectivity index (χ3n) is 3.74. The zero-order valence-electron chi connectivity index (χ0n) is 12.9. The van der Waals surface area contributed by atoms with Crippen LogP contribution in [0.1, 0.15) is 0 Å². The minimum Gasteiger partial charge on any atom is -0.329 e. The average molecular weight is 333 g/mol. The van der Waals surface area contributed by atoms with Gasteiger partial charge in [-0.15, -0.1) is 5.10 Å². The van der Waals surface area contributed by atoms with E-state index >= 15 is 0 Å². The zero-order valence-corrected chi connectivity index (χ0v) is 12.9. The van der Waals surface area contributed by atoms with Crippen LogP contribution in [0.2, 0.25) is 0 Å². The van der Waals surface area contributed by atoms with Crippen molar-refractivity contribution in [1.82, 2.24) is 19.7 Å². The van der Waals surface area contributed by atoms with E-state index in [1.165, 1.54) is 22.9 Å². The molecule has 0 saturated heterocycles. The van der Waals surface area contributed by atoms with E-state index in [2.05, 4.69) is 20.4 Å². The van der Waals surface area contributed by atoms with Gasteiger partial charge in [-0.1, -0.05) is 6.07 Å². The number of aromatic nitrogens is 4. The summed E-state index contributed by atoms with van der Waals surface area (Å²) in [4.78, 5) is 19.2. The molecule has 122 valence electrons. The van der Waals surface area contributed by atoms with Crippen LogP contribution in [0.3, 0.4) is 0 Å². The second kappa shape index (κ2) is 6.12. The first-order chi connectivity index (χ1) is 12.2. The lowest BCUT2D eigenvalue weighted by molar-refractivity contribution is -0.105. The molecule has 25 heavy (non-hydrogen) atoms. The Morgan fingerprint density at radius 3 is 2.84 bits per heavy atom. The van der Waals surface area contributed by atoms with Crippen molar-refractivity contribution in [2.45, 2.75) is 0 Å². The van der Waals surface area contributed by atoms with Crippen molar-refractivity contribution in [3.05, 3.63) is 66.9 Å². The number of amides is 1. The summed E-state index contributed by atoms with van der Waals surface area (Å²) in [5.41, 5.74) is 2.85. The van der Waals surface area contributed by atoms with Crippen molar-refractivity contribution >= 4 is 23.1 Å². The lowest BCUT2D eigenvalue weighted by atomic mass is 10.1.